The number of imidazole rings is 1. The number of aryl methyl sites for hydroxylation is 2. The van der Waals surface area contributed by atoms with Crippen LogP contribution in [-0.4, -0.2) is 61.5 Å². The maximum atomic E-state index is 14.1. The summed E-state index contributed by atoms with van der Waals surface area (Å²) in [6.07, 6.45) is 8.69. The molecule has 3 aromatic carbocycles. The van der Waals surface area contributed by atoms with Crippen molar-refractivity contribution >= 4 is 45.2 Å². The van der Waals surface area contributed by atoms with Crippen LogP contribution in [0.15, 0.2) is 77.7 Å². The molecule has 0 radical (unpaired) electrons. The Morgan fingerprint density at radius 1 is 0.826 bits per heavy atom. The number of hydrogen-bond acceptors (Lipinski definition) is 7. The number of rotatable bonds is 6. The van der Waals surface area contributed by atoms with Gasteiger partial charge in [-0.3, -0.25) is 14.1 Å². The van der Waals surface area contributed by atoms with Gasteiger partial charge in [0.2, 0.25) is 11.7 Å². The topological polar surface area (TPSA) is 83.6 Å². The van der Waals surface area contributed by atoms with E-state index in [4.69, 9.17) is 9.97 Å². The first-order valence-corrected chi connectivity index (χ1v) is 16.6. The van der Waals surface area contributed by atoms with Gasteiger partial charge in [-0.2, -0.15) is 4.98 Å². The van der Waals surface area contributed by atoms with Gasteiger partial charge in [0.05, 0.1) is 16.7 Å². The summed E-state index contributed by atoms with van der Waals surface area (Å²) in [5, 5.41) is 3.81. The number of piperazine rings is 1. The highest BCUT2D eigenvalue weighted by Gasteiger charge is 2.23. The quantitative estimate of drug-likeness (QED) is 0.226. The van der Waals surface area contributed by atoms with Crippen molar-refractivity contribution in [2.75, 3.05) is 42.9 Å². The van der Waals surface area contributed by atoms with E-state index in [9.17, 15) is 4.79 Å². The van der Waals surface area contributed by atoms with Gasteiger partial charge in [-0.15, -0.1) is 0 Å². The van der Waals surface area contributed by atoms with Gasteiger partial charge in [-0.25, -0.2) is 14.5 Å². The maximum Gasteiger partial charge on any atom is 0.270 e. The molecule has 1 N–H and O–H groups in total. The van der Waals surface area contributed by atoms with Gasteiger partial charge in [-0.1, -0.05) is 49.6 Å². The molecule has 9 nitrogen and oxygen atoms in total. The molecule has 1 aliphatic heterocycles. The van der Waals surface area contributed by atoms with Crippen molar-refractivity contribution in [2.45, 2.75) is 46.0 Å². The molecule has 0 spiro atoms. The molecule has 4 heterocycles. The zero-order valence-corrected chi connectivity index (χ0v) is 26.6. The lowest BCUT2D eigenvalue weighted by molar-refractivity contribution is 0.192. The van der Waals surface area contributed by atoms with Crippen LogP contribution >= 0.6 is 0 Å². The van der Waals surface area contributed by atoms with Crippen molar-refractivity contribution in [3.63, 3.8) is 0 Å². The van der Waals surface area contributed by atoms with E-state index >= 15 is 0 Å². The number of fused-ring (bicyclic) bond motifs is 5. The lowest BCUT2D eigenvalue weighted by atomic mass is 9.89. The standard InChI is InChI=1S/C37H40N8O/c1-25-9-8-10-26(2)33(25)45-35(46)30-23-38-36(41-34(30)44-32-14-7-6-13-31(32)40-37(44)45)39-28-15-17-29(18-16-28)43-21-19-42(20-22-43)24-27-11-4-3-5-12-27/h6-10,13-18,23,27H,3-5,11-12,19-22,24H2,1-2H3,(H,38,39,41). The third-order valence-electron chi connectivity index (χ3n) is 9.92. The van der Waals surface area contributed by atoms with Crippen molar-refractivity contribution in [1.82, 2.24) is 28.8 Å². The largest absolute Gasteiger partial charge is 0.369 e. The third-order valence-corrected chi connectivity index (χ3v) is 9.92. The predicted molar refractivity (Wildman–Crippen MR) is 186 cm³/mol. The van der Waals surface area contributed by atoms with Crippen LogP contribution in [-0.2, 0) is 0 Å². The van der Waals surface area contributed by atoms with Crippen LogP contribution in [0.25, 0.3) is 33.5 Å². The van der Waals surface area contributed by atoms with Gasteiger partial charge >= 0.3 is 0 Å². The molecule has 9 heteroatoms. The summed E-state index contributed by atoms with van der Waals surface area (Å²) in [6, 6.07) is 22.5. The Morgan fingerprint density at radius 3 is 2.33 bits per heavy atom. The van der Waals surface area contributed by atoms with E-state index < -0.39 is 0 Å². The van der Waals surface area contributed by atoms with Crippen molar-refractivity contribution in [1.29, 1.82) is 0 Å². The maximum absolute atomic E-state index is 14.1. The number of hydrogen-bond donors (Lipinski definition) is 1. The van der Waals surface area contributed by atoms with Crippen LogP contribution in [0, 0.1) is 19.8 Å². The molecular weight excluding hydrogens is 572 g/mol. The number of aromatic nitrogens is 5. The average Bonchev–Trinajstić information content (AvgIpc) is 3.47. The Morgan fingerprint density at radius 2 is 1.57 bits per heavy atom. The second-order valence-corrected chi connectivity index (χ2v) is 13.0. The molecule has 1 aliphatic carbocycles. The first-order valence-electron chi connectivity index (χ1n) is 16.6. The highest BCUT2D eigenvalue weighted by Crippen LogP contribution is 2.28. The number of nitrogens with zero attached hydrogens (tertiary/aromatic N) is 7. The Kier molecular flexibility index (Phi) is 7.41. The fraction of sp³-hybridized carbons (Fsp3) is 0.351. The predicted octanol–water partition coefficient (Wildman–Crippen LogP) is 6.64. The summed E-state index contributed by atoms with van der Waals surface area (Å²) >= 11 is 0. The summed E-state index contributed by atoms with van der Waals surface area (Å²) in [7, 11) is 0. The SMILES string of the molecule is Cc1cccc(C)c1-n1c(=O)c2cnc(Nc3ccc(N4CCN(CC5CCCCC5)CC4)cc3)nc2n2c3ccccc3nc12. The number of anilines is 3. The monoisotopic (exact) mass is 612 g/mol. The van der Waals surface area contributed by atoms with Gasteiger partial charge in [0.1, 0.15) is 5.39 Å². The molecule has 0 amide bonds. The summed E-state index contributed by atoms with van der Waals surface area (Å²) in [5.41, 5.74) is 6.99. The van der Waals surface area contributed by atoms with E-state index in [1.54, 1.807) is 10.8 Å². The van der Waals surface area contributed by atoms with Gasteiger partial charge < -0.3 is 10.2 Å². The van der Waals surface area contributed by atoms with Crippen molar-refractivity contribution in [3.05, 3.63) is 94.4 Å². The average molecular weight is 613 g/mol. The second kappa shape index (κ2) is 11.9. The summed E-state index contributed by atoms with van der Waals surface area (Å²) in [4.78, 5) is 33.7. The Balaban J connectivity index is 1.08. The van der Waals surface area contributed by atoms with E-state index in [0.29, 0.717) is 22.8 Å². The minimum atomic E-state index is -0.190. The molecule has 0 unspecified atom stereocenters. The number of nitrogens with one attached hydrogen (secondary N) is 1. The molecule has 3 aromatic heterocycles. The molecule has 234 valence electrons. The molecule has 2 aliphatic rings. The molecule has 2 fully saturated rings. The van der Waals surface area contributed by atoms with Crippen LogP contribution in [0.3, 0.4) is 0 Å². The first kappa shape index (κ1) is 28.7. The number of benzene rings is 3. The smallest absolute Gasteiger partial charge is 0.270 e. The first-order chi connectivity index (χ1) is 22.5. The lowest BCUT2D eigenvalue weighted by Crippen LogP contribution is -2.48. The lowest BCUT2D eigenvalue weighted by Gasteiger charge is -2.38. The van der Waals surface area contributed by atoms with E-state index in [2.05, 4.69) is 44.4 Å². The van der Waals surface area contributed by atoms with Crippen molar-refractivity contribution in [3.8, 4) is 5.69 Å². The van der Waals surface area contributed by atoms with Crippen LogP contribution in [0.4, 0.5) is 17.3 Å². The third kappa shape index (κ3) is 5.18. The summed E-state index contributed by atoms with van der Waals surface area (Å²) < 4.78 is 3.68. The van der Waals surface area contributed by atoms with Gasteiger partial charge in [0.15, 0.2) is 5.65 Å². The molecule has 1 saturated heterocycles. The normalized spacial score (nSPS) is 16.5. The zero-order chi connectivity index (χ0) is 31.2. The molecule has 0 atom stereocenters. The molecule has 46 heavy (non-hydrogen) atoms. The highest BCUT2D eigenvalue weighted by molar-refractivity contribution is 5.88. The molecular formula is C37H40N8O. The Labute approximate surface area is 268 Å². The molecule has 1 saturated carbocycles. The fourth-order valence-corrected chi connectivity index (χ4v) is 7.51. The molecule has 0 bridgehead atoms. The number of para-hydroxylation sites is 3. The Hall–Kier alpha value is -4.76. The van der Waals surface area contributed by atoms with Gasteiger partial charge in [0, 0.05) is 50.3 Å². The van der Waals surface area contributed by atoms with Crippen LogP contribution < -0.4 is 15.8 Å². The minimum Gasteiger partial charge on any atom is -0.369 e. The summed E-state index contributed by atoms with van der Waals surface area (Å²) in [6.45, 7) is 9.68. The van der Waals surface area contributed by atoms with Crippen LogP contribution in [0.1, 0.15) is 43.2 Å². The van der Waals surface area contributed by atoms with E-state index in [1.807, 2.05) is 60.7 Å². The van der Waals surface area contributed by atoms with Gasteiger partial charge in [-0.05, 0) is 80.1 Å². The van der Waals surface area contributed by atoms with Crippen molar-refractivity contribution < 1.29 is 0 Å². The molecule has 8 rings (SSSR count). The van der Waals surface area contributed by atoms with E-state index in [0.717, 1.165) is 65.6 Å². The zero-order valence-electron chi connectivity index (χ0n) is 26.6. The summed E-state index contributed by atoms with van der Waals surface area (Å²) in [5.74, 6) is 1.86. The van der Waals surface area contributed by atoms with E-state index in [1.165, 1.54) is 44.3 Å². The van der Waals surface area contributed by atoms with Crippen LogP contribution in [0.5, 0.6) is 0 Å². The van der Waals surface area contributed by atoms with Gasteiger partial charge in [0.25, 0.3) is 5.56 Å². The molecule has 6 aromatic rings. The minimum absolute atomic E-state index is 0.190. The van der Waals surface area contributed by atoms with Crippen LogP contribution in [0.2, 0.25) is 0 Å². The van der Waals surface area contributed by atoms with Crippen molar-refractivity contribution in [2.24, 2.45) is 5.92 Å². The Bertz CT molecular complexity index is 2080. The van der Waals surface area contributed by atoms with E-state index in [-0.39, 0.29) is 5.56 Å². The second-order valence-electron chi connectivity index (χ2n) is 13.0. The fourth-order valence-electron chi connectivity index (χ4n) is 7.51. The highest BCUT2D eigenvalue weighted by atomic mass is 16.1.